The van der Waals surface area contributed by atoms with Gasteiger partial charge in [0.25, 0.3) is 0 Å². The van der Waals surface area contributed by atoms with Crippen LogP contribution >= 0.6 is 11.6 Å². The van der Waals surface area contributed by atoms with Gasteiger partial charge < -0.3 is 4.74 Å². The van der Waals surface area contributed by atoms with E-state index in [4.69, 9.17) is 16.3 Å². The molecule has 0 saturated carbocycles. The van der Waals surface area contributed by atoms with Crippen molar-refractivity contribution in [3.63, 3.8) is 0 Å². The van der Waals surface area contributed by atoms with E-state index in [2.05, 4.69) is 6.58 Å². The molecule has 0 bridgehead atoms. The summed E-state index contributed by atoms with van der Waals surface area (Å²) in [7, 11) is 0. The third-order valence-corrected chi connectivity index (χ3v) is 0.580. The molecule has 1 nitrogen and oxygen atoms in total. The van der Waals surface area contributed by atoms with Gasteiger partial charge in [-0.25, -0.2) is 0 Å². The first-order valence-electron chi connectivity index (χ1n) is 2.11. The maximum atomic E-state index is 5.28. The lowest BCUT2D eigenvalue weighted by molar-refractivity contribution is 0.235. The summed E-state index contributed by atoms with van der Waals surface area (Å²) < 4.78 is 4.86. The van der Waals surface area contributed by atoms with Gasteiger partial charge in [0.2, 0.25) is 0 Å². The smallest absolute Gasteiger partial charge is 0.101 e. The van der Waals surface area contributed by atoms with Crippen molar-refractivity contribution in [1.29, 1.82) is 0 Å². The minimum atomic E-state index is 0.535. The number of hydrogen-bond donors (Lipinski definition) is 0. The van der Waals surface area contributed by atoms with E-state index >= 15 is 0 Å². The molecule has 2 heteroatoms. The van der Waals surface area contributed by atoms with Gasteiger partial charge in [-0.2, -0.15) is 0 Å². The van der Waals surface area contributed by atoms with Crippen LogP contribution in [0.15, 0.2) is 12.3 Å². The highest BCUT2D eigenvalue weighted by atomic mass is 35.5. The number of ether oxygens (including phenoxy) is 1. The lowest BCUT2D eigenvalue weighted by Gasteiger charge is -1.98. The van der Waals surface area contributed by atoms with Crippen molar-refractivity contribution in [3.05, 3.63) is 12.3 Å². The molecule has 0 fully saturated rings. The molecule has 0 spiro atoms. The molecule has 0 heterocycles. The monoisotopic (exact) mass is 120 g/mol. The SMILES string of the molecule is C=C(C)OCCCl. The Morgan fingerprint density at radius 1 is 1.86 bits per heavy atom. The third kappa shape index (κ3) is 5.83. The van der Waals surface area contributed by atoms with Gasteiger partial charge >= 0.3 is 0 Å². The molecule has 0 amide bonds. The van der Waals surface area contributed by atoms with E-state index in [9.17, 15) is 0 Å². The third-order valence-electron chi connectivity index (χ3n) is 0.426. The number of alkyl halides is 1. The fraction of sp³-hybridized carbons (Fsp3) is 0.600. The van der Waals surface area contributed by atoms with Crippen molar-refractivity contribution in [3.8, 4) is 0 Å². The van der Waals surface area contributed by atoms with Crippen molar-refractivity contribution >= 4 is 11.6 Å². The molecule has 0 atom stereocenters. The highest BCUT2D eigenvalue weighted by Crippen LogP contribution is 1.88. The predicted molar refractivity (Wildman–Crippen MR) is 31.5 cm³/mol. The van der Waals surface area contributed by atoms with Crippen LogP contribution < -0.4 is 0 Å². The van der Waals surface area contributed by atoms with E-state index in [0.29, 0.717) is 12.5 Å². The Balaban J connectivity index is 2.82. The minimum absolute atomic E-state index is 0.535. The van der Waals surface area contributed by atoms with Crippen molar-refractivity contribution in [1.82, 2.24) is 0 Å². The molecule has 0 aliphatic heterocycles. The highest BCUT2D eigenvalue weighted by molar-refractivity contribution is 6.17. The molecule has 0 aromatic heterocycles. The van der Waals surface area contributed by atoms with Gasteiger partial charge in [-0.15, -0.1) is 11.6 Å². The lowest BCUT2D eigenvalue weighted by Crippen LogP contribution is -1.90. The second kappa shape index (κ2) is 4.00. The Hall–Kier alpha value is -0.170. The molecular formula is C5H9ClO. The molecule has 0 aromatic carbocycles. The van der Waals surface area contributed by atoms with Crippen LogP contribution in [-0.4, -0.2) is 12.5 Å². The van der Waals surface area contributed by atoms with E-state index in [1.165, 1.54) is 0 Å². The summed E-state index contributed by atoms with van der Waals surface area (Å²) in [5.41, 5.74) is 0. The van der Waals surface area contributed by atoms with Crippen LogP contribution in [0.4, 0.5) is 0 Å². The Bertz CT molecular complexity index is 61.1. The van der Waals surface area contributed by atoms with Crippen molar-refractivity contribution in [2.75, 3.05) is 12.5 Å². The van der Waals surface area contributed by atoms with Crippen LogP contribution in [0.2, 0.25) is 0 Å². The lowest BCUT2D eigenvalue weighted by atomic mass is 10.6. The molecule has 0 aliphatic carbocycles. The number of hydrogen-bond acceptors (Lipinski definition) is 1. The molecule has 0 saturated heterocycles. The Labute approximate surface area is 48.9 Å². The van der Waals surface area contributed by atoms with Gasteiger partial charge in [0.15, 0.2) is 0 Å². The fourth-order valence-electron chi connectivity index (χ4n) is 0.213. The fourth-order valence-corrected chi connectivity index (χ4v) is 0.290. The van der Waals surface area contributed by atoms with Crippen molar-refractivity contribution in [2.45, 2.75) is 6.92 Å². The summed E-state index contributed by atoms with van der Waals surface area (Å²) >= 11 is 5.28. The molecule has 0 rings (SSSR count). The summed E-state index contributed by atoms with van der Waals surface area (Å²) in [5, 5.41) is 0. The maximum absolute atomic E-state index is 5.28. The molecule has 7 heavy (non-hydrogen) atoms. The summed E-state index contributed by atoms with van der Waals surface area (Å²) in [6.45, 7) is 5.88. The van der Waals surface area contributed by atoms with E-state index in [0.717, 1.165) is 5.76 Å². The van der Waals surface area contributed by atoms with Crippen LogP contribution in [0.25, 0.3) is 0 Å². The first kappa shape index (κ1) is 6.83. The van der Waals surface area contributed by atoms with Gasteiger partial charge in [0, 0.05) is 0 Å². The van der Waals surface area contributed by atoms with E-state index in [1.54, 1.807) is 6.92 Å². The van der Waals surface area contributed by atoms with E-state index in [1.807, 2.05) is 0 Å². The van der Waals surface area contributed by atoms with Gasteiger partial charge in [-0.1, -0.05) is 6.58 Å². The minimum Gasteiger partial charge on any atom is -0.498 e. The van der Waals surface area contributed by atoms with Gasteiger partial charge in [-0.05, 0) is 6.92 Å². The second-order valence-corrected chi connectivity index (χ2v) is 1.62. The summed E-state index contributed by atoms with van der Waals surface area (Å²) in [5.74, 6) is 1.26. The zero-order chi connectivity index (χ0) is 5.70. The average Bonchev–Trinajstić information content (AvgIpc) is 1.61. The summed E-state index contributed by atoms with van der Waals surface area (Å²) in [6.07, 6.45) is 0. The van der Waals surface area contributed by atoms with Crippen molar-refractivity contribution in [2.24, 2.45) is 0 Å². The first-order chi connectivity index (χ1) is 3.27. The quantitative estimate of drug-likeness (QED) is 0.408. The molecule has 0 unspecified atom stereocenters. The predicted octanol–water partition coefficient (Wildman–Crippen LogP) is 1.78. The van der Waals surface area contributed by atoms with E-state index in [-0.39, 0.29) is 0 Å². The molecule has 0 radical (unpaired) electrons. The zero-order valence-electron chi connectivity index (χ0n) is 4.41. The molecular weight excluding hydrogens is 112 g/mol. The van der Waals surface area contributed by atoms with Crippen LogP contribution in [0.3, 0.4) is 0 Å². The number of rotatable bonds is 3. The van der Waals surface area contributed by atoms with Crippen LogP contribution in [0, 0.1) is 0 Å². The first-order valence-corrected chi connectivity index (χ1v) is 2.65. The molecule has 42 valence electrons. The van der Waals surface area contributed by atoms with Crippen LogP contribution in [0.1, 0.15) is 6.92 Å². The molecule has 0 aromatic rings. The second-order valence-electron chi connectivity index (χ2n) is 1.24. The number of allylic oxidation sites excluding steroid dienone is 1. The maximum Gasteiger partial charge on any atom is 0.101 e. The van der Waals surface area contributed by atoms with Gasteiger partial charge in [0.1, 0.15) is 6.61 Å². The Morgan fingerprint density at radius 2 is 2.43 bits per heavy atom. The van der Waals surface area contributed by atoms with Crippen molar-refractivity contribution < 1.29 is 4.74 Å². The standard InChI is InChI=1S/C5H9ClO/c1-5(2)7-4-3-6/h1,3-4H2,2H3. The van der Waals surface area contributed by atoms with E-state index < -0.39 is 0 Å². The summed E-state index contributed by atoms with van der Waals surface area (Å²) in [6, 6.07) is 0. The van der Waals surface area contributed by atoms with Crippen LogP contribution in [-0.2, 0) is 4.74 Å². The molecule has 0 aliphatic rings. The van der Waals surface area contributed by atoms with Crippen LogP contribution in [0.5, 0.6) is 0 Å². The topological polar surface area (TPSA) is 9.23 Å². The Kier molecular flexibility index (Phi) is 3.90. The number of halogens is 1. The Morgan fingerprint density at radius 3 is 2.57 bits per heavy atom. The van der Waals surface area contributed by atoms with Gasteiger partial charge in [-0.3, -0.25) is 0 Å². The average molecular weight is 121 g/mol. The largest absolute Gasteiger partial charge is 0.498 e. The zero-order valence-corrected chi connectivity index (χ0v) is 5.16. The summed E-state index contributed by atoms with van der Waals surface area (Å²) in [4.78, 5) is 0. The molecule has 0 N–H and O–H groups in total. The normalized spacial score (nSPS) is 8.29. The van der Waals surface area contributed by atoms with Gasteiger partial charge in [0.05, 0.1) is 11.6 Å². The highest BCUT2D eigenvalue weighted by Gasteiger charge is 1.80.